The van der Waals surface area contributed by atoms with E-state index in [0.717, 1.165) is 0 Å². The van der Waals surface area contributed by atoms with Gasteiger partial charge in [0.15, 0.2) is 0 Å². The van der Waals surface area contributed by atoms with Gasteiger partial charge in [0, 0.05) is 5.69 Å². The fourth-order valence-electron chi connectivity index (χ4n) is 2.41. The first-order valence-corrected chi connectivity index (χ1v) is 6.79. The summed E-state index contributed by atoms with van der Waals surface area (Å²) < 4.78 is 13.0. The van der Waals surface area contributed by atoms with Crippen LogP contribution in [0.4, 0.5) is 10.1 Å². The van der Waals surface area contributed by atoms with Crippen LogP contribution in [0.3, 0.4) is 0 Å². The molecule has 2 rings (SSSR count). The fraction of sp³-hybridized carbons (Fsp3) is 0.467. The Labute approximate surface area is 118 Å². The normalized spacial score (nSPS) is 23.1. The lowest BCUT2D eigenvalue weighted by molar-refractivity contribution is -0.133. The van der Waals surface area contributed by atoms with Crippen LogP contribution in [0.2, 0.25) is 0 Å². The zero-order chi connectivity index (χ0) is 14.9. The molecule has 1 aliphatic heterocycles. The van der Waals surface area contributed by atoms with E-state index in [-0.39, 0.29) is 17.6 Å². The SMILES string of the molecule is CC(C)CC1NC(=O)C(C)N(c2ccc(F)cc2)C1=O. The highest BCUT2D eigenvalue weighted by molar-refractivity contribution is 6.08. The molecule has 1 saturated heterocycles. The van der Waals surface area contributed by atoms with E-state index in [1.807, 2.05) is 13.8 Å². The third-order valence-corrected chi connectivity index (χ3v) is 3.43. The second kappa shape index (κ2) is 5.61. The molecule has 0 aliphatic carbocycles. The molecule has 1 aromatic rings. The first-order chi connectivity index (χ1) is 9.40. The smallest absolute Gasteiger partial charge is 0.250 e. The first kappa shape index (κ1) is 14.5. The van der Waals surface area contributed by atoms with Crippen molar-refractivity contribution in [1.29, 1.82) is 0 Å². The molecule has 20 heavy (non-hydrogen) atoms. The van der Waals surface area contributed by atoms with Gasteiger partial charge in [-0.15, -0.1) is 0 Å². The van der Waals surface area contributed by atoms with Gasteiger partial charge in [-0.2, -0.15) is 0 Å². The molecule has 4 nitrogen and oxygen atoms in total. The highest BCUT2D eigenvalue weighted by Gasteiger charge is 2.38. The second-order valence-corrected chi connectivity index (χ2v) is 5.55. The second-order valence-electron chi connectivity index (χ2n) is 5.55. The highest BCUT2D eigenvalue weighted by atomic mass is 19.1. The van der Waals surface area contributed by atoms with Gasteiger partial charge >= 0.3 is 0 Å². The number of hydrogen-bond acceptors (Lipinski definition) is 2. The molecule has 1 fully saturated rings. The van der Waals surface area contributed by atoms with E-state index in [0.29, 0.717) is 18.0 Å². The van der Waals surface area contributed by atoms with Gasteiger partial charge in [0.05, 0.1) is 0 Å². The van der Waals surface area contributed by atoms with Crippen molar-refractivity contribution in [2.24, 2.45) is 5.92 Å². The number of carbonyl (C=O) groups is 2. The largest absolute Gasteiger partial charge is 0.342 e. The molecule has 108 valence electrons. The van der Waals surface area contributed by atoms with Crippen LogP contribution in [-0.4, -0.2) is 23.9 Å². The molecule has 1 heterocycles. The molecule has 2 atom stereocenters. The van der Waals surface area contributed by atoms with Gasteiger partial charge in [-0.3, -0.25) is 14.5 Å². The van der Waals surface area contributed by atoms with E-state index in [2.05, 4.69) is 5.32 Å². The van der Waals surface area contributed by atoms with Gasteiger partial charge < -0.3 is 5.32 Å². The zero-order valence-electron chi connectivity index (χ0n) is 11.9. The number of benzene rings is 1. The van der Waals surface area contributed by atoms with Crippen molar-refractivity contribution in [2.45, 2.75) is 39.3 Å². The average molecular weight is 278 g/mol. The van der Waals surface area contributed by atoms with E-state index >= 15 is 0 Å². The van der Waals surface area contributed by atoms with E-state index in [1.54, 1.807) is 6.92 Å². The Morgan fingerprint density at radius 2 is 1.85 bits per heavy atom. The molecule has 1 N–H and O–H groups in total. The molecule has 5 heteroatoms. The summed E-state index contributed by atoms with van der Waals surface area (Å²) in [4.78, 5) is 26.0. The topological polar surface area (TPSA) is 49.4 Å². The monoisotopic (exact) mass is 278 g/mol. The van der Waals surface area contributed by atoms with Crippen LogP contribution in [-0.2, 0) is 9.59 Å². The van der Waals surface area contributed by atoms with Crippen molar-refractivity contribution < 1.29 is 14.0 Å². The summed E-state index contributed by atoms with van der Waals surface area (Å²) in [5.41, 5.74) is 0.549. The summed E-state index contributed by atoms with van der Waals surface area (Å²) in [6.45, 7) is 5.67. The van der Waals surface area contributed by atoms with Crippen LogP contribution in [0.1, 0.15) is 27.2 Å². The third kappa shape index (κ3) is 2.81. The van der Waals surface area contributed by atoms with Crippen molar-refractivity contribution in [3.05, 3.63) is 30.1 Å². The lowest BCUT2D eigenvalue weighted by Gasteiger charge is -2.37. The van der Waals surface area contributed by atoms with E-state index < -0.39 is 12.1 Å². The third-order valence-electron chi connectivity index (χ3n) is 3.43. The lowest BCUT2D eigenvalue weighted by Crippen LogP contribution is -2.63. The average Bonchev–Trinajstić information content (AvgIpc) is 2.38. The Kier molecular flexibility index (Phi) is 4.06. The minimum absolute atomic E-state index is 0.141. The standard InChI is InChI=1S/C15H19FN2O2/c1-9(2)8-13-15(20)18(10(3)14(19)17-13)12-6-4-11(16)5-7-12/h4-7,9-10,13H,8H2,1-3H3,(H,17,19). The number of nitrogens with one attached hydrogen (secondary N) is 1. The molecule has 2 amide bonds. The van der Waals surface area contributed by atoms with Gasteiger partial charge in [0.1, 0.15) is 17.9 Å². The molecule has 0 aromatic heterocycles. The Hall–Kier alpha value is -1.91. The van der Waals surface area contributed by atoms with Crippen molar-refractivity contribution in [2.75, 3.05) is 4.90 Å². The number of anilines is 1. The van der Waals surface area contributed by atoms with Crippen LogP contribution < -0.4 is 10.2 Å². The number of carbonyl (C=O) groups excluding carboxylic acids is 2. The van der Waals surface area contributed by atoms with Crippen molar-refractivity contribution in [3.8, 4) is 0 Å². The molecule has 2 unspecified atom stereocenters. The van der Waals surface area contributed by atoms with Gasteiger partial charge in [-0.25, -0.2) is 4.39 Å². The van der Waals surface area contributed by atoms with Crippen LogP contribution in [0.15, 0.2) is 24.3 Å². The summed E-state index contributed by atoms with van der Waals surface area (Å²) in [6, 6.07) is 4.53. The summed E-state index contributed by atoms with van der Waals surface area (Å²) in [6.07, 6.45) is 0.592. The molecule has 0 bridgehead atoms. The Balaban J connectivity index is 2.30. The first-order valence-electron chi connectivity index (χ1n) is 6.79. The summed E-state index contributed by atoms with van der Waals surface area (Å²) in [5.74, 6) is -0.390. The fourth-order valence-corrected chi connectivity index (χ4v) is 2.41. The minimum atomic E-state index is -0.587. The predicted octanol–water partition coefficient (Wildman–Crippen LogP) is 2.09. The highest BCUT2D eigenvalue weighted by Crippen LogP contribution is 2.23. The van der Waals surface area contributed by atoms with Crippen LogP contribution in [0.5, 0.6) is 0 Å². The van der Waals surface area contributed by atoms with Crippen LogP contribution >= 0.6 is 0 Å². The van der Waals surface area contributed by atoms with Gasteiger partial charge in [-0.1, -0.05) is 13.8 Å². The molecular weight excluding hydrogens is 259 g/mol. The van der Waals surface area contributed by atoms with Crippen molar-refractivity contribution in [3.63, 3.8) is 0 Å². The van der Waals surface area contributed by atoms with Crippen LogP contribution in [0, 0.1) is 11.7 Å². The molecule has 1 aromatic carbocycles. The van der Waals surface area contributed by atoms with Crippen molar-refractivity contribution in [1.82, 2.24) is 5.32 Å². The summed E-state index contributed by atoms with van der Waals surface area (Å²) in [7, 11) is 0. The summed E-state index contributed by atoms with van der Waals surface area (Å²) >= 11 is 0. The predicted molar refractivity (Wildman–Crippen MR) is 74.7 cm³/mol. The number of halogens is 1. The van der Waals surface area contributed by atoms with Crippen molar-refractivity contribution >= 4 is 17.5 Å². The maximum Gasteiger partial charge on any atom is 0.250 e. The quantitative estimate of drug-likeness (QED) is 0.920. The van der Waals surface area contributed by atoms with E-state index in [4.69, 9.17) is 0 Å². The Bertz CT molecular complexity index is 513. The number of amides is 2. The molecular formula is C15H19FN2O2. The van der Waals surface area contributed by atoms with E-state index in [1.165, 1.54) is 29.2 Å². The van der Waals surface area contributed by atoms with Gasteiger partial charge in [0.2, 0.25) is 11.8 Å². The minimum Gasteiger partial charge on any atom is -0.342 e. The van der Waals surface area contributed by atoms with Gasteiger partial charge in [-0.05, 0) is 43.5 Å². The Morgan fingerprint density at radius 3 is 2.40 bits per heavy atom. The zero-order valence-corrected chi connectivity index (χ0v) is 11.9. The molecule has 0 saturated carbocycles. The summed E-state index contributed by atoms with van der Waals surface area (Å²) in [5, 5.41) is 2.75. The number of hydrogen-bond donors (Lipinski definition) is 1. The van der Waals surface area contributed by atoms with Gasteiger partial charge in [0.25, 0.3) is 0 Å². The molecule has 0 spiro atoms. The van der Waals surface area contributed by atoms with Crippen LogP contribution in [0.25, 0.3) is 0 Å². The number of piperazine rings is 1. The number of nitrogens with zero attached hydrogens (tertiary/aromatic N) is 1. The van der Waals surface area contributed by atoms with E-state index in [9.17, 15) is 14.0 Å². The maximum absolute atomic E-state index is 13.0. The molecule has 0 radical (unpaired) electrons. The Morgan fingerprint density at radius 1 is 1.25 bits per heavy atom. The number of rotatable bonds is 3. The maximum atomic E-state index is 13.0. The lowest BCUT2D eigenvalue weighted by atomic mass is 9.98. The molecule has 1 aliphatic rings.